The average molecular weight is 191 g/mol. The van der Waals surface area contributed by atoms with E-state index in [1.54, 1.807) is 6.20 Å². The Balaban J connectivity index is 2.69. The van der Waals surface area contributed by atoms with E-state index < -0.39 is 0 Å². The molecule has 0 atom stereocenters. The highest BCUT2D eigenvalue weighted by Gasteiger charge is 2.09. The molecule has 1 N–H and O–H groups in total. The van der Waals surface area contributed by atoms with Gasteiger partial charge in [0, 0.05) is 13.1 Å². The molecule has 2 aromatic heterocycles. The summed E-state index contributed by atoms with van der Waals surface area (Å²) < 4.78 is 1.86. The molecule has 0 unspecified atom stereocenters. The van der Waals surface area contributed by atoms with E-state index in [2.05, 4.69) is 34.5 Å². The minimum atomic E-state index is 0.300. The van der Waals surface area contributed by atoms with Crippen LogP contribution in [0.5, 0.6) is 0 Å². The number of rotatable bonds is 2. The first-order chi connectivity index (χ1) is 6.74. The van der Waals surface area contributed by atoms with Crippen LogP contribution in [0.2, 0.25) is 0 Å². The Morgan fingerprint density at radius 1 is 1.36 bits per heavy atom. The van der Waals surface area contributed by atoms with Crippen molar-refractivity contribution in [1.29, 1.82) is 0 Å². The second kappa shape index (κ2) is 3.25. The van der Waals surface area contributed by atoms with Gasteiger partial charge >= 0.3 is 0 Å². The first-order valence-corrected chi connectivity index (χ1v) is 4.60. The van der Waals surface area contributed by atoms with E-state index in [1.165, 1.54) is 0 Å². The summed E-state index contributed by atoms with van der Waals surface area (Å²) >= 11 is 0. The molecule has 2 aromatic rings. The van der Waals surface area contributed by atoms with Crippen LogP contribution in [0.15, 0.2) is 12.4 Å². The molecule has 0 aliphatic rings. The van der Waals surface area contributed by atoms with Gasteiger partial charge in [-0.25, -0.2) is 4.68 Å². The van der Waals surface area contributed by atoms with Crippen LogP contribution in [0, 0.1) is 0 Å². The van der Waals surface area contributed by atoms with Crippen LogP contribution in [0.1, 0.15) is 19.9 Å². The Kier molecular flexibility index (Phi) is 2.07. The quantitative estimate of drug-likeness (QED) is 0.780. The highest BCUT2D eigenvalue weighted by molar-refractivity contribution is 5.87. The molecule has 0 radical (unpaired) electrons. The molecule has 74 valence electrons. The summed E-state index contributed by atoms with van der Waals surface area (Å²) in [6, 6.07) is 0.300. The van der Waals surface area contributed by atoms with Gasteiger partial charge in [0.05, 0.1) is 23.5 Å². The molecule has 0 saturated heterocycles. The Hall–Kier alpha value is -1.65. The number of hydrogen-bond acceptors (Lipinski definition) is 4. The van der Waals surface area contributed by atoms with Gasteiger partial charge in [0.1, 0.15) is 0 Å². The van der Waals surface area contributed by atoms with Crippen LogP contribution in [-0.4, -0.2) is 27.0 Å². The summed E-state index contributed by atoms with van der Waals surface area (Å²) in [7, 11) is 1.86. The molecule has 0 bridgehead atoms. The molecule has 2 rings (SSSR count). The number of nitrogens with zero attached hydrogens (tertiary/aromatic N) is 4. The van der Waals surface area contributed by atoms with Gasteiger partial charge in [-0.15, -0.1) is 5.10 Å². The van der Waals surface area contributed by atoms with Gasteiger partial charge in [-0.1, -0.05) is 0 Å². The van der Waals surface area contributed by atoms with Gasteiger partial charge in [0.2, 0.25) is 0 Å². The van der Waals surface area contributed by atoms with Crippen LogP contribution >= 0.6 is 0 Å². The largest absolute Gasteiger partial charge is 0.386 e. The van der Waals surface area contributed by atoms with E-state index in [0.717, 1.165) is 16.7 Å². The number of fused-ring (bicyclic) bond motifs is 1. The van der Waals surface area contributed by atoms with E-state index >= 15 is 0 Å². The fraction of sp³-hybridized carbons (Fsp3) is 0.444. The van der Waals surface area contributed by atoms with E-state index in [0.29, 0.717) is 6.04 Å². The van der Waals surface area contributed by atoms with Crippen molar-refractivity contribution >= 4 is 16.7 Å². The maximum atomic E-state index is 4.28. The summed E-state index contributed by atoms with van der Waals surface area (Å²) in [6.45, 7) is 4.14. The molecular formula is C9H13N5. The standard InChI is InChI=1S/C9H13N5/c1-6(2)14-9-7(4-12-14)8(10-3)5-11-13-9/h4-6H,1-3H3,(H,10,13). The fourth-order valence-corrected chi connectivity index (χ4v) is 1.43. The van der Waals surface area contributed by atoms with Crippen molar-refractivity contribution in [3.05, 3.63) is 12.4 Å². The molecule has 0 amide bonds. The maximum absolute atomic E-state index is 4.28. The lowest BCUT2D eigenvalue weighted by atomic mass is 10.3. The highest BCUT2D eigenvalue weighted by atomic mass is 15.3. The molecule has 0 fully saturated rings. The van der Waals surface area contributed by atoms with Gasteiger partial charge in [0.25, 0.3) is 0 Å². The number of hydrogen-bond donors (Lipinski definition) is 1. The molecule has 2 heterocycles. The van der Waals surface area contributed by atoms with Crippen molar-refractivity contribution in [2.45, 2.75) is 19.9 Å². The smallest absolute Gasteiger partial charge is 0.182 e. The maximum Gasteiger partial charge on any atom is 0.182 e. The SMILES string of the molecule is CNc1cnnc2c1cnn2C(C)C. The van der Waals surface area contributed by atoms with Crippen LogP contribution in [0.4, 0.5) is 5.69 Å². The average Bonchev–Trinajstić information content (AvgIpc) is 2.60. The van der Waals surface area contributed by atoms with Crippen molar-refractivity contribution < 1.29 is 0 Å². The molecule has 0 aliphatic heterocycles. The van der Waals surface area contributed by atoms with E-state index in [-0.39, 0.29) is 0 Å². The topological polar surface area (TPSA) is 55.6 Å². The minimum absolute atomic E-state index is 0.300. The fourth-order valence-electron chi connectivity index (χ4n) is 1.43. The molecule has 5 heteroatoms. The predicted molar refractivity (Wildman–Crippen MR) is 55.3 cm³/mol. The third kappa shape index (κ3) is 1.21. The predicted octanol–water partition coefficient (Wildman–Crippen LogP) is 1.45. The first kappa shape index (κ1) is 8.93. The summed E-state index contributed by atoms with van der Waals surface area (Å²) in [5, 5.41) is 16.4. The van der Waals surface area contributed by atoms with Crippen molar-refractivity contribution in [3.8, 4) is 0 Å². The first-order valence-electron chi connectivity index (χ1n) is 4.60. The Morgan fingerprint density at radius 2 is 2.14 bits per heavy atom. The van der Waals surface area contributed by atoms with Crippen molar-refractivity contribution in [3.63, 3.8) is 0 Å². The third-order valence-corrected chi connectivity index (χ3v) is 2.16. The second-order valence-corrected chi connectivity index (χ2v) is 3.43. The van der Waals surface area contributed by atoms with Crippen LogP contribution in [-0.2, 0) is 0 Å². The van der Waals surface area contributed by atoms with Crippen LogP contribution in [0.25, 0.3) is 11.0 Å². The van der Waals surface area contributed by atoms with Crippen LogP contribution < -0.4 is 5.32 Å². The van der Waals surface area contributed by atoms with Crippen molar-refractivity contribution in [2.75, 3.05) is 12.4 Å². The lowest BCUT2D eigenvalue weighted by Gasteiger charge is -2.05. The summed E-state index contributed by atoms with van der Waals surface area (Å²) in [5.74, 6) is 0. The lowest BCUT2D eigenvalue weighted by Crippen LogP contribution is -2.04. The van der Waals surface area contributed by atoms with Gasteiger partial charge in [-0.3, -0.25) is 0 Å². The zero-order valence-electron chi connectivity index (χ0n) is 8.52. The lowest BCUT2D eigenvalue weighted by molar-refractivity contribution is 0.544. The summed E-state index contributed by atoms with van der Waals surface area (Å²) in [6.07, 6.45) is 3.52. The van der Waals surface area contributed by atoms with E-state index in [9.17, 15) is 0 Å². The molecule has 5 nitrogen and oxygen atoms in total. The molecule has 0 aliphatic carbocycles. The third-order valence-electron chi connectivity index (χ3n) is 2.16. The number of aromatic nitrogens is 4. The van der Waals surface area contributed by atoms with E-state index in [4.69, 9.17) is 0 Å². The van der Waals surface area contributed by atoms with Gasteiger partial charge < -0.3 is 5.32 Å². The van der Waals surface area contributed by atoms with Crippen molar-refractivity contribution in [2.24, 2.45) is 0 Å². The van der Waals surface area contributed by atoms with Crippen molar-refractivity contribution in [1.82, 2.24) is 20.0 Å². The highest BCUT2D eigenvalue weighted by Crippen LogP contribution is 2.21. The number of nitrogens with one attached hydrogen (secondary N) is 1. The second-order valence-electron chi connectivity index (χ2n) is 3.43. The monoisotopic (exact) mass is 191 g/mol. The van der Waals surface area contributed by atoms with Gasteiger partial charge in [-0.05, 0) is 13.8 Å². The molecular weight excluding hydrogens is 178 g/mol. The molecule has 0 spiro atoms. The van der Waals surface area contributed by atoms with Gasteiger partial charge in [0.15, 0.2) is 5.65 Å². The molecule has 0 saturated carbocycles. The Bertz CT molecular complexity index is 445. The number of anilines is 1. The summed E-state index contributed by atoms with van der Waals surface area (Å²) in [5.41, 5.74) is 1.79. The van der Waals surface area contributed by atoms with Crippen LogP contribution in [0.3, 0.4) is 0 Å². The molecule has 0 aromatic carbocycles. The molecule has 14 heavy (non-hydrogen) atoms. The summed E-state index contributed by atoms with van der Waals surface area (Å²) in [4.78, 5) is 0. The zero-order chi connectivity index (χ0) is 10.1. The van der Waals surface area contributed by atoms with Gasteiger partial charge in [-0.2, -0.15) is 10.2 Å². The Labute approximate surface area is 82.1 Å². The van der Waals surface area contributed by atoms with E-state index in [1.807, 2.05) is 17.9 Å². The normalized spacial score (nSPS) is 11.1. The minimum Gasteiger partial charge on any atom is -0.386 e. The Morgan fingerprint density at radius 3 is 2.79 bits per heavy atom. The zero-order valence-corrected chi connectivity index (χ0v) is 8.52.